The van der Waals surface area contributed by atoms with E-state index in [1.54, 1.807) is 0 Å². The number of hydrogen-bond donors (Lipinski definition) is 1. The summed E-state index contributed by atoms with van der Waals surface area (Å²) in [6, 6.07) is 11.3. The molecule has 0 bridgehead atoms. The fourth-order valence-corrected chi connectivity index (χ4v) is 3.36. The predicted octanol–water partition coefficient (Wildman–Crippen LogP) is 2.74. The maximum atomic E-state index is 9.15. The van der Waals surface area contributed by atoms with E-state index in [2.05, 4.69) is 60.9 Å². The third-order valence-corrected chi connectivity index (χ3v) is 4.37. The Morgan fingerprint density at radius 3 is 2.48 bits per heavy atom. The zero-order chi connectivity index (χ0) is 15.3. The predicted molar refractivity (Wildman–Crippen MR) is 88.3 cm³/mol. The van der Waals surface area contributed by atoms with Gasteiger partial charge in [0.25, 0.3) is 0 Å². The summed E-state index contributed by atoms with van der Waals surface area (Å²) in [5, 5.41) is 9.15. The Bertz CT molecular complexity index is 413. The molecule has 0 unspecified atom stereocenters. The van der Waals surface area contributed by atoms with Crippen molar-refractivity contribution in [2.75, 3.05) is 26.2 Å². The molecule has 2 rings (SSSR count). The molecular formula is C18H30N2O. The molecule has 0 aliphatic carbocycles. The normalized spacial score (nSPS) is 21.6. The summed E-state index contributed by atoms with van der Waals surface area (Å²) < 4.78 is 0. The van der Waals surface area contributed by atoms with Crippen LogP contribution in [0.2, 0.25) is 0 Å². The van der Waals surface area contributed by atoms with Gasteiger partial charge in [0.15, 0.2) is 0 Å². The van der Waals surface area contributed by atoms with Crippen molar-refractivity contribution in [1.82, 2.24) is 9.80 Å². The molecule has 0 spiro atoms. The van der Waals surface area contributed by atoms with E-state index in [0.29, 0.717) is 12.6 Å². The molecule has 0 radical (unpaired) electrons. The van der Waals surface area contributed by atoms with Crippen LogP contribution in [-0.4, -0.2) is 52.7 Å². The summed E-state index contributed by atoms with van der Waals surface area (Å²) >= 11 is 0. The second-order valence-corrected chi connectivity index (χ2v) is 7.10. The fourth-order valence-electron chi connectivity index (χ4n) is 3.36. The van der Waals surface area contributed by atoms with Gasteiger partial charge in [-0.05, 0) is 39.2 Å². The third-order valence-electron chi connectivity index (χ3n) is 4.37. The molecule has 1 aliphatic rings. The molecule has 1 heterocycles. The number of hydrogen-bond acceptors (Lipinski definition) is 3. The second kappa shape index (κ2) is 7.39. The Morgan fingerprint density at radius 2 is 1.86 bits per heavy atom. The van der Waals surface area contributed by atoms with Crippen molar-refractivity contribution in [3.63, 3.8) is 0 Å². The molecule has 1 aromatic carbocycles. The standard InChI is InChI=1S/C18H30N2O/c1-18(2,3)20-12-11-19(15-17(20)10-7-13-21)14-16-8-5-4-6-9-16/h4-6,8-9,17,21H,7,10-15H2,1-3H3/t17-/m1/s1. The molecule has 3 nitrogen and oxygen atoms in total. The molecule has 1 fully saturated rings. The molecule has 21 heavy (non-hydrogen) atoms. The van der Waals surface area contributed by atoms with Gasteiger partial charge in [-0.25, -0.2) is 0 Å². The van der Waals surface area contributed by atoms with Gasteiger partial charge in [-0.15, -0.1) is 0 Å². The lowest BCUT2D eigenvalue weighted by molar-refractivity contribution is 0.00130. The number of nitrogens with zero attached hydrogens (tertiary/aromatic N) is 2. The van der Waals surface area contributed by atoms with E-state index in [9.17, 15) is 0 Å². The van der Waals surface area contributed by atoms with Gasteiger partial charge in [0.1, 0.15) is 0 Å². The molecule has 1 atom stereocenters. The number of aliphatic hydroxyl groups is 1. The topological polar surface area (TPSA) is 26.7 Å². The first kappa shape index (κ1) is 16.5. The average molecular weight is 290 g/mol. The van der Waals surface area contributed by atoms with Crippen molar-refractivity contribution in [2.24, 2.45) is 0 Å². The monoisotopic (exact) mass is 290 g/mol. The molecule has 1 saturated heterocycles. The smallest absolute Gasteiger partial charge is 0.0431 e. The quantitative estimate of drug-likeness (QED) is 0.903. The van der Waals surface area contributed by atoms with Gasteiger partial charge < -0.3 is 5.11 Å². The zero-order valence-electron chi connectivity index (χ0n) is 13.8. The number of rotatable bonds is 5. The lowest BCUT2D eigenvalue weighted by Gasteiger charge is -2.48. The van der Waals surface area contributed by atoms with Crippen LogP contribution >= 0.6 is 0 Å². The highest BCUT2D eigenvalue weighted by atomic mass is 16.2. The van der Waals surface area contributed by atoms with Crippen LogP contribution in [0.5, 0.6) is 0 Å². The minimum atomic E-state index is 0.207. The maximum absolute atomic E-state index is 9.15. The SMILES string of the molecule is CC(C)(C)N1CCN(Cc2ccccc2)C[C@H]1CCCO. The van der Waals surface area contributed by atoms with Crippen molar-refractivity contribution in [3.05, 3.63) is 35.9 Å². The summed E-state index contributed by atoms with van der Waals surface area (Å²) in [6.07, 6.45) is 1.98. The van der Waals surface area contributed by atoms with Crippen molar-refractivity contribution in [2.45, 2.75) is 51.7 Å². The summed E-state index contributed by atoms with van der Waals surface area (Å²) in [6.45, 7) is 11.6. The van der Waals surface area contributed by atoms with Crippen LogP contribution in [0.3, 0.4) is 0 Å². The molecule has 118 valence electrons. The largest absolute Gasteiger partial charge is 0.396 e. The molecule has 3 heteroatoms. The Kier molecular flexibility index (Phi) is 5.80. The van der Waals surface area contributed by atoms with E-state index >= 15 is 0 Å². The van der Waals surface area contributed by atoms with Crippen molar-refractivity contribution in [1.29, 1.82) is 0 Å². The van der Waals surface area contributed by atoms with Crippen LogP contribution in [0.25, 0.3) is 0 Å². The van der Waals surface area contributed by atoms with E-state index < -0.39 is 0 Å². The van der Waals surface area contributed by atoms with Gasteiger partial charge in [-0.3, -0.25) is 9.80 Å². The Hall–Kier alpha value is -0.900. The van der Waals surface area contributed by atoms with E-state index in [4.69, 9.17) is 5.11 Å². The minimum absolute atomic E-state index is 0.207. The van der Waals surface area contributed by atoms with Crippen molar-refractivity contribution < 1.29 is 5.11 Å². The molecule has 1 aliphatic heterocycles. The Morgan fingerprint density at radius 1 is 1.14 bits per heavy atom. The minimum Gasteiger partial charge on any atom is -0.396 e. The number of benzene rings is 1. The molecule has 0 amide bonds. The van der Waals surface area contributed by atoms with E-state index in [1.165, 1.54) is 5.56 Å². The molecule has 1 N–H and O–H groups in total. The van der Waals surface area contributed by atoms with Gasteiger partial charge in [0.2, 0.25) is 0 Å². The molecule has 0 aromatic heterocycles. The summed E-state index contributed by atoms with van der Waals surface area (Å²) in [4.78, 5) is 5.17. The molecule has 1 aromatic rings. The van der Waals surface area contributed by atoms with Gasteiger partial charge >= 0.3 is 0 Å². The molecule has 0 saturated carbocycles. The highest BCUT2D eigenvalue weighted by Gasteiger charge is 2.33. The fraction of sp³-hybridized carbons (Fsp3) is 0.667. The van der Waals surface area contributed by atoms with Gasteiger partial charge in [-0.1, -0.05) is 30.3 Å². The van der Waals surface area contributed by atoms with Gasteiger partial charge in [-0.2, -0.15) is 0 Å². The average Bonchev–Trinajstić information content (AvgIpc) is 2.45. The van der Waals surface area contributed by atoms with Crippen LogP contribution in [0, 0.1) is 0 Å². The van der Waals surface area contributed by atoms with E-state index in [1.807, 2.05) is 0 Å². The zero-order valence-corrected chi connectivity index (χ0v) is 13.8. The Labute approximate surface area is 129 Å². The van der Waals surface area contributed by atoms with Crippen LogP contribution in [0.15, 0.2) is 30.3 Å². The first-order valence-corrected chi connectivity index (χ1v) is 8.14. The summed E-state index contributed by atoms with van der Waals surface area (Å²) in [5.74, 6) is 0. The second-order valence-electron chi connectivity index (χ2n) is 7.10. The lowest BCUT2D eigenvalue weighted by Crippen LogP contribution is -2.59. The van der Waals surface area contributed by atoms with E-state index in [-0.39, 0.29) is 5.54 Å². The van der Waals surface area contributed by atoms with Crippen LogP contribution in [0.4, 0.5) is 0 Å². The summed E-state index contributed by atoms with van der Waals surface area (Å²) in [5.41, 5.74) is 1.60. The first-order chi connectivity index (χ1) is 10.0. The molecular weight excluding hydrogens is 260 g/mol. The highest BCUT2D eigenvalue weighted by molar-refractivity contribution is 5.14. The van der Waals surface area contributed by atoms with Gasteiger partial charge in [0, 0.05) is 44.4 Å². The highest BCUT2D eigenvalue weighted by Crippen LogP contribution is 2.24. The van der Waals surface area contributed by atoms with Crippen molar-refractivity contribution >= 4 is 0 Å². The Balaban J connectivity index is 1.99. The first-order valence-electron chi connectivity index (χ1n) is 8.14. The lowest BCUT2D eigenvalue weighted by atomic mass is 9.97. The number of piperazine rings is 1. The maximum Gasteiger partial charge on any atom is 0.0431 e. The van der Waals surface area contributed by atoms with Crippen LogP contribution in [-0.2, 0) is 6.54 Å². The van der Waals surface area contributed by atoms with Crippen LogP contribution < -0.4 is 0 Å². The number of aliphatic hydroxyl groups excluding tert-OH is 1. The van der Waals surface area contributed by atoms with E-state index in [0.717, 1.165) is 39.0 Å². The van der Waals surface area contributed by atoms with Crippen molar-refractivity contribution in [3.8, 4) is 0 Å². The van der Waals surface area contributed by atoms with Gasteiger partial charge in [0.05, 0.1) is 0 Å². The van der Waals surface area contributed by atoms with Crippen LogP contribution in [0.1, 0.15) is 39.2 Å². The summed E-state index contributed by atoms with van der Waals surface area (Å²) in [7, 11) is 0. The third kappa shape index (κ3) is 4.80.